The summed E-state index contributed by atoms with van der Waals surface area (Å²) in [6, 6.07) is 18.8. The van der Waals surface area contributed by atoms with Gasteiger partial charge in [0.25, 0.3) is 0 Å². The summed E-state index contributed by atoms with van der Waals surface area (Å²) in [4.78, 5) is 2.52. The number of rotatable bonds is 9. The highest BCUT2D eigenvalue weighted by Gasteiger charge is 2.46. The predicted molar refractivity (Wildman–Crippen MR) is 127 cm³/mol. The van der Waals surface area contributed by atoms with Gasteiger partial charge in [-0.3, -0.25) is 0 Å². The summed E-state index contributed by atoms with van der Waals surface area (Å²) in [6.45, 7) is 9.77. The Morgan fingerprint density at radius 1 is 1.06 bits per heavy atom. The zero-order chi connectivity index (χ0) is 21.7. The van der Waals surface area contributed by atoms with E-state index in [2.05, 4.69) is 66.6 Å². The summed E-state index contributed by atoms with van der Waals surface area (Å²) in [7, 11) is 1.70. The maximum absolute atomic E-state index is 6.43. The van der Waals surface area contributed by atoms with Gasteiger partial charge in [-0.2, -0.15) is 0 Å². The van der Waals surface area contributed by atoms with Crippen molar-refractivity contribution in [3.63, 3.8) is 0 Å². The second-order valence-electron chi connectivity index (χ2n) is 8.63. The number of benzene rings is 2. The standard InChI is InChI=1S/C28H33NO2/c1-4-17-29-25(18-22-11-13-26(30-3)14-12-22)19-24-20-28(29,5-2)16-15-27(24)31-21-23-9-7-6-8-10-23/h4-14,19,24,27H,1-2,15-18,20-21H2,3H3/t24-,27+,28-/m0/s1. The van der Waals surface area contributed by atoms with Crippen molar-refractivity contribution in [2.75, 3.05) is 13.7 Å². The molecule has 1 fully saturated rings. The van der Waals surface area contributed by atoms with Crippen molar-refractivity contribution in [3.05, 3.63) is 103 Å². The average Bonchev–Trinajstić information content (AvgIpc) is 2.82. The Hall–Kier alpha value is -2.78. The summed E-state index contributed by atoms with van der Waals surface area (Å²) in [5.41, 5.74) is 3.83. The molecule has 0 spiro atoms. The first kappa shape index (κ1) is 21.5. The highest BCUT2D eigenvalue weighted by atomic mass is 16.5. The number of ether oxygens (including phenoxy) is 2. The fraction of sp³-hybridized carbons (Fsp3) is 0.357. The van der Waals surface area contributed by atoms with Crippen LogP contribution in [0.4, 0.5) is 0 Å². The molecule has 3 nitrogen and oxygen atoms in total. The molecule has 0 aromatic heterocycles. The van der Waals surface area contributed by atoms with E-state index in [-0.39, 0.29) is 11.6 Å². The van der Waals surface area contributed by atoms with Crippen molar-refractivity contribution in [2.45, 2.75) is 43.9 Å². The number of hydrogen-bond donors (Lipinski definition) is 0. The molecule has 2 aromatic rings. The zero-order valence-electron chi connectivity index (χ0n) is 18.5. The molecule has 0 amide bonds. The highest BCUT2D eigenvalue weighted by Crippen LogP contribution is 2.46. The van der Waals surface area contributed by atoms with Crippen LogP contribution >= 0.6 is 0 Å². The molecule has 1 heterocycles. The van der Waals surface area contributed by atoms with E-state index in [9.17, 15) is 0 Å². The van der Waals surface area contributed by atoms with E-state index in [1.54, 1.807) is 7.11 Å². The van der Waals surface area contributed by atoms with Crippen LogP contribution in [0.1, 0.15) is 30.4 Å². The molecule has 3 heteroatoms. The molecule has 0 N–H and O–H groups in total. The smallest absolute Gasteiger partial charge is 0.118 e. The lowest BCUT2D eigenvalue weighted by Gasteiger charge is -2.54. The lowest BCUT2D eigenvalue weighted by molar-refractivity contribution is -0.0464. The molecule has 2 bridgehead atoms. The normalized spacial score (nSPS) is 24.9. The van der Waals surface area contributed by atoms with Gasteiger partial charge < -0.3 is 14.4 Å². The number of hydrogen-bond acceptors (Lipinski definition) is 3. The van der Waals surface area contributed by atoms with Crippen molar-refractivity contribution >= 4 is 0 Å². The van der Waals surface area contributed by atoms with E-state index in [1.165, 1.54) is 16.8 Å². The summed E-state index contributed by atoms with van der Waals surface area (Å²) >= 11 is 0. The van der Waals surface area contributed by atoms with Crippen LogP contribution in [0.2, 0.25) is 0 Å². The van der Waals surface area contributed by atoms with Crippen LogP contribution in [0, 0.1) is 5.92 Å². The van der Waals surface area contributed by atoms with Crippen LogP contribution in [-0.4, -0.2) is 30.2 Å². The molecule has 2 aromatic carbocycles. The highest BCUT2D eigenvalue weighted by molar-refractivity contribution is 5.33. The summed E-state index contributed by atoms with van der Waals surface area (Å²) < 4.78 is 11.8. The Labute approximate surface area is 186 Å². The van der Waals surface area contributed by atoms with Gasteiger partial charge in [-0.15, -0.1) is 13.2 Å². The fourth-order valence-corrected chi connectivity index (χ4v) is 5.10. The van der Waals surface area contributed by atoms with Gasteiger partial charge in [0.15, 0.2) is 0 Å². The van der Waals surface area contributed by atoms with E-state index in [4.69, 9.17) is 9.47 Å². The molecule has 1 aliphatic heterocycles. The van der Waals surface area contributed by atoms with Gasteiger partial charge in [0, 0.05) is 24.6 Å². The Kier molecular flexibility index (Phi) is 6.62. The molecule has 0 radical (unpaired) electrons. The third-order valence-corrected chi connectivity index (χ3v) is 6.76. The SMILES string of the molecule is C=CCN1C(Cc2ccc(OC)cc2)=C[C@H]2C[C@]1(C=C)CC[C@H]2OCc1ccccc1. The van der Waals surface area contributed by atoms with Gasteiger partial charge in [0.1, 0.15) is 5.75 Å². The molecule has 1 saturated carbocycles. The van der Waals surface area contributed by atoms with E-state index in [0.29, 0.717) is 12.5 Å². The first-order chi connectivity index (χ1) is 15.2. The average molecular weight is 416 g/mol. The first-order valence-corrected chi connectivity index (χ1v) is 11.2. The Morgan fingerprint density at radius 3 is 2.52 bits per heavy atom. The number of allylic oxidation sites excluding steroid dienone is 1. The lowest BCUT2D eigenvalue weighted by atomic mass is 9.69. The summed E-state index contributed by atoms with van der Waals surface area (Å²) in [5.74, 6) is 1.28. The van der Waals surface area contributed by atoms with Gasteiger partial charge in [0.2, 0.25) is 0 Å². The largest absolute Gasteiger partial charge is 0.497 e. The van der Waals surface area contributed by atoms with Gasteiger partial charge in [-0.05, 0) is 42.5 Å². The van der Waals surface area contributed by atoms with E-state index >= 15 is 0 Å². The molecule has 31 heavy (non-hydrogen) atoms. The van der Waals surface area contributed by atoms with Crippen molar-refractivity contribution in [1.29, 1.82) is 0 Å². The van der Waals surface area contributed by atoms with Gasteiger partial charge in [-0.25, -0.2) is 0 Å². The van der Waals surface area contributed by atoms with Crippen LogP contribution in [0.25, 0.3) is 0 Å². The minimum atomic E-state index is -0.0258. The topological polar surface area (TPSA) is 21.7 Å². The van der Waals surface area contributed by atoms with Gasteiger partial charge in [0.05, 0.1) is 25.4 Å². The molecule has 2 aliphatic rings. The Bertz CT molecular complexity index is 918. The second kappa shape index (κ2) is 9.57. The molecule has 0 unspecified atom stereocenters. The molecular formula is C28H33NO2. The quantitative estimate of drug-likeness (QED) is 0.474. The molecule has 3 atom stereocenters. The summed E-state index contributed by atoms with van der Waals surface area (Å²) in [5, 5.41) is 0. The van der Waals surface area contributed by atoms with Crippen molar-refractivity contribution in [1.82, 2.24) is 4.90 Å². The maximum Gasteiger partial charge on any atom is 0.118 e. The van der Waals surface area contributed by atoms with E-state index in [0.717, 1.165) is 38.0 Å². The van der Waals surface area contributed by atoms with Crippen molar-refractivity contribution in [3.8, 4) is 5.75 Å². The van der Waals surface area contributed by atoms with Gasteiger partial charge in [-0.1, -0.05) is 60.7 Å². The minimum absolute atomic E-state index is 0.0258. The van der Waals surface area contributed by atoms with Crippen LogP contribution in [-0.2, 0) is 17.8 Å². The minimum Gasteiger partial charge on any atom is -0.497 e. The molecule has 1 aliphatic carbocycles. The molecular weight excluding hydrogens is 382 g/mol. The number of methoxy groups -OCH3 is 1. The second-order valence-corrected chi connectivity index (χ2v) is 8.63. The fourth-order valence-electron chi connectivity index (χ4n) is 5.10. The van der Waals surface area contributed by atoms with Crippen LogP contribution in [0.5, 0.6) is 5.75 Å². The Balaban J connectivity index is 1.58. The first-order valence-electron chi connectivity index (χ1n) is 11.2. The monoisotopic (exact) mass is 415 g/mol. The lowest BCUT2D eigenvalue weighted by Crippen LogP contribution is -2.55. The Morgan fingerprint density at radius 2 is 1.84 bits per heavy atom. The van der Waals surface area contributed by atoms with E-state index < -0.39 is 0 Å². The third-order valence-electron chi connectivity index (χ3n) is 6.76. The number of fused-ring (bicyclic) bond motifs is 2. The van der Waals surface area contributed by atoms with Gasteiger partial charge >= 0.3 is 0 Å². The van der Waals surface area contributed by atoms with Crippen LogP contribution < -0.4 is 4.74 Å². The predicted octanol–water partition coefficient (Wildman–Crippen LogP) is 5.93. The third kappa shape index (κ3) is 4.62. The van der Waals surface area contributed by atoms with E-state index in [1.807, 2.05) is 24.3 Å². The zero-order valence-corrected chi connectivity index (χ0v) is 18.5. The maximum atomic E-state index is 6.43. The number of nitrogens with zero attached hydrogens (tertiary/aromatic N) is 1. The van der Waals surface area contributed by atoms with Crippen LogP contribution in [0.15, 0.2) is 91.7 Å². The van der Waals surface area contributed by atoms with Crippen molar-refractivity contribution < 1.29 is 9.47 Å². The van der Waals surface area contributed by atoms with Crippen molar-refractivity contribution in [2.24, 2.45) is 5.92 Å². The summed E-state index contributed by atoms with van der Waals surface area (Å²) in [6.07, 6.45) is 10.9. The molecule has 4 rings (SSSR count). The molecule has 162 valence electrons. The van der Waals surface area contributed by atoms with Crippen LogP contribution in [0.3, 0.4) is 0 Å². The molecule has 0 saturated heterocycles.